The molecule has 0 atom stereocenters. The van der Waals surface area contributed by atoms with E-state index in [1.54, 1.807) is 17.4 Å². The van der Waals surface area contributed by atoms with Crippen LogP contribution in [0.5, 0.6) is 0 Å². The maximum Gasteiger partial charge on any atom is 0.328 e. The summed E-state index contributed by atoms with van der Waals surface area (Å²) in [6.07, 6.45) is 5.28. The molecule has 6 heteroatoms. The van der Waals surface area contributed by atoms with Gasteiger partial charge in [-0.15, -0.1) is 0 Å². The van der Waals surface area contributed by atoms with Gasteiger partial charge in [-0.05, 0) is 26.0 Å². The van der Waals surface area contributed by atoms with Crippen molar-refractivity contribution in [1.82, 2.24) is 9.88 Å². The van der Waals surface area contributed by atoms with Crippen molar-refractivity contribution in [2.45, 2.75) is 18.8 Å². The Morgan fingerprint density at radius 2 is 2.05 bits per heavy atom. The minimum atomic E-state index is -0.902. The molecule has 2 heterocycles. The van der Waals surface area contributed by atoms with Gasteiger partial charge in [0.05, 0.1) is 10.6 Å². The SMILES string of the molecule is CN1CCN(c2nc(C3CC3)c(/C=C/C(=O)O)s2)CC1. The topological polar surface area (TPSA) is 56.7 Å². The van der Waals surface area contributed by atoms with Gasteiger partial charge in [0.25, 0.3) is 0 Å². The predicted molar refractivity (Wildman–Crippen MR) is 80.5 cm³/mol. The largest absolute Gasteiger partial charge is 0.478 e. The highest BCUT2D eigenvalue weighted by atomic mass is 32.1. The molecule has 1 aromatic rings. The second kappa shape index (κ2) is 5.54. The second-order valence-corrected chi connectivity index (χ2v) is 6.49. The van der Waals surface area contributed by atoms with Crippen LogP contribution in [-0.4, -0.2) is 54.2 Å². The van der Waals surface area contributed by atoms with Crippen LogP contribution in [0.25, 0.3) is 6.08 Å². The van der Waals surface area contributed by atoms with Crippen LogP contribution in [-0.2, 0) is 4.79 Å². The smallest absolute Gasteiger partial charge is 0.328 e. The van der Waals surface area contributed by atoms with Crippen LogP contribution >= 0.6 is 11.3 Å². The molecule has 0 radical (unpaired) electrons. The summed E-state index contributed by atoms with van der Waals surface area (Å²) in [6.45, 7) is 4.10. The molecular weight excluding hydrogens is 274 g/mol. The summed E-state index contributed by atoms with van der Waals surface area (Å²) in [5.74, 6) is -0.359. The third-order valence-corrected chi connectivity index (χ3v) is 4.88. The zero-order valence-corrected chi connectivity index (χ0v) is 12.4. The van der Waals surface area contributed by atoms with Crippen LogP contribution in [0, 0.1) is 0 Å². The van der Waals surface area contributed by atoms with E-state index < -0.39 is 5.97 Å². The maximum atomic E-state index is 10.7. The molecule has 108 valence electrons. The van der Waals surface area contributed by atoms with E-state index in [1.165, 1.54) is 18.9 Å². The Bertz CT molecular complexity index is 529. The van der Waals surface area contributed by atoms with Crippen molar-refractivity contribution in [3.8, 4) is 0 Å². The number of carboxylic acid groups (broad SMARTS) is 1. The van der Waals surface area contributed by atoms with E-state index in [2.05, 4.69) is 16.8 Å². The summed E-state index contributed by atoms with van der Waals surface area (Å²) < 4.78 is 0. The van der Waals surface area contributed by atoms with Crippen LogP contribution in [0.15, 0.2) is 6.08 Å². The Balaban J connectivity index is 1.81. The molecule has 0 aromatic carbocycles. The van der Waals surface area contributed by atoms with Crippen molar-refractivity contribution in [3.63, 3.8) is 0 Å². The number of hydrogen-bond acceptors (Lipinski definition) is 5. The van der Waals surface area contributed by atoms with Gasteiger partial charge in [0.1, 0.15) is 0 Å². The molecule has 20 heavy (non-hydrogen) atoms. The Kier molecular flexibility index (Phi) is 3.76. The predicted octanol–water partition coefficient (Wildman–Crippen LogP) is 1.87. The van der Waals surface area contributed by atoms with Gasteiger partial charge in [0.2, 0.25) is 0 Å². The first-order valence-corrected chi connectivity index (χ1v) is 7.80. The van der Waals surface area contributed by atoms with Gasteiger partial charge >= 0.3 is 5.97 Å². The normalized spacial score (nSPS) is 20.8. The van der Waals surface area contributed by atoms with Gasteiger partial charge in [-0.3, -0.25) is 0 Å². The number of aliphatic carboxylic acids is 1. The highest BCUT2D eigenvalue weighted by Gasteiger charge is 2.30. The Hall–Kier alpha value is -1.40. The molecule has 0 spiro atoms. The van der Waals surface area contributed by atoms with Gasteiger partial charge in [-0.25, -0.2) is 9.78 Å². The van der Waals surface area contributed by atoms with Crippen molar-refractivity contribution in [3.05, 3.63) is 16.6 Å². The highest BCUT2D eigenvalue weighted by molar-refractivity contribution is 7.16. The molecule has 0 bridgehead atoms. The number of aromatic nitrogens is 1. The lowest BCUT2D eigenvalue weighted by Gasteiger charge is -2.32. The van der Waals surface area contributed by atoms with Gasteiger partial charge in [0.15, 0.2) is 5.13 Å². The summed E-state index contributed by atoms with van der Waals surface area (Å²) in [6, 6.07) is 0. The van der Waals surface area contributed by atoms with Crippen LogP contribution in [0.1, 0.15) is 29.3 Å². The highest BCUT2D eigenvalue weighted by Crippen LogP contribution is 2.44. The minimum absolute atomic E-state index is 0.543. The number of rotatable bonds is 4. The van der Waals surface area contributed by atoms with Gasteiger partial charge in [0, 0.05) is 38.2 Å². The average Bonchev–Trinajstić information content (AvgIpc) is 3.18. The van der Waals surface area contributed by atoms with Crippen LogP contribution in [0.4, 0.5) is 5.13 Å². The molecule has 0 unspecified atom stereocenters. The number of thiazole rings is 1. The summed E-state index contributed by atoms with van der Waals surface area (Å²) in [4.78, 5) is 21.1. The molecule has 1 N–H and O–H groups in total. The number of anilines is 1. The van der Waals surface area contributed by atoms with E-state index in [-0.39, 0.29) is 0 Å². The molecule has 2 fully saturated rings. The van der Waals surface area contributed by atoms with Gasteiger partial charge in [-0.1, -0.05) is 11.3 Å². The first-order valence-electron chi connectivity index (χ1n) is 6.98. The monoisotopic (exact) mass is 293 g/mol. The molecule has 3 rings (SSSR count). The van der Waals surface area contributed by atoms with Crippen molar-refractivity contribution >= 4 is 28.5 Å². The Morgan fingerprint density at radius 3 is 2.65 bits per heavy atom. The first kappa shape index (κ1) is 13.6. The van der Waals surface area contributed by atoms with E-state index in [0.717, 1.165) is 41.9 Å². The third kappa shape index (κ3) is 3.02. The molecule has 1 aromatic heterocycles. The van der Waals surface area contributed by atoms with E-state index in [1.807, 2.05) is 0 Å². The first-order chi connectivity index (χ1) is 9.63. The lowest BCUT2D eigenvalue weighted by atomic mass is 10.2. The van der Waals surface area contributed by atoms with E-state index >= 15 is 0 Å². The van der Waals surface area contributed by atoms with Crippen molar-refractivity contribution in [1.29, 1.82) is 0 Å². The van der Waals surface area contributed by atoms with Crippen molar-refractivity contribution in [2.24, 2.45) is 0 Å². The maximum absolute atomic E-state index is 10.7. The van der Waals surface area contributed by atoms with Gasteiger partial charge in [-0.2, -0.15) is 0 Å². The molecule has 0 amide bonds. The summed E-state index contributed by atoms with van der Waals surface area (Å²) in [7, 11) is 2.13. The zero-order valence-electron chi connectivity index (χ0n) is 11.6. The van der Waals surface area contributed by atoms with Crippen LogP contribution < -0.4 is 4.90 Å². The fraction of sp³-hybridized carbons (Fsp3) is 0.571. The van der Waals surface area contributed by atoms with Crippen molar-refractivity contribution < 1.29 is 9.90 Å². The zero-order chi connectivity index (χ0) is 14.1. The third-order valence-electron chi connectivity index (χ3n) is 3.78. The number of hydrogen-bond donors (Lipinski definition) is 1. The average molecular weight is 293 g/mol. The van der Waals surface area contributed by atoms with Crippen LogP contribution in [0.3, 0.4) is 0 Å². The minimum Gasteiger partial charge on any atom is -0.478 e. The summed E-state index contributed by atoms with van der Waals surface area (Å²) >= 11 is 1.62. The van der Waals surface area contributed by atoms with E-state index in [9.17, 15) is 4.79 Å². The van der Waals surface area contributed by atoms with Gasteiger partial charge < -0.3 is 14.9 Å². The lowest BCUT2D eigenvalue weighted by molar-refractivity contribution is -0.131. The molecular formula is C14H19N3O2S. The molecule has 2 aliphatic rings. The molecule has 1 aliphatic heterocycles. The number of nitrogens with zero attached hydrogens (tertiary/aromatic N) is 3. The lowest BCUT2D eigenvalue weighted by Crippen LogP contribution is -2.44. The van der Waals surface area contributed by atoms with E-state index in [0.29, 0.717) is 5.92 Å². The summed E-state index contributed by atoms with van der Waals surface area (Å²) in [5.41, 5.74) is 1.10. The standard InChI is InChI=1S/C14H19N3O2S/c1-16-6-8-17(9-7-16)14-15-13(10-2-3-10)11(20-14)4-5-12(18)19/h4-5,10H,2-3,6-9H2,1H3,(H,18,19)/b5-4+. The molecule has 1 saturated heterocycles. The quantitative estimate of drug-likeness (QED) is 0.859. The summed E-state index contributed by atoms with van der Waals surface area (Å²) in [5, 5.41) is 9.83. The molecule has 5 nitrogen and oxygen atoms in total. The van der Waals surface area contributed by atoms with Crippen molar-refractivity contribution in [2.75, 3.05) is 38.1 Å². The fourth-order valence-electron chi connectivity index (χ4n) is 2.38. The Labute approximate surface area is 122 Å². The Morgan fingerprint density at radius 1 is 1.35 bits per heavy atom. The fourth-order valence-corrected chi connectivity index (χ4v) is 3.49. The molecule has 1 saturated carbocycles. The number of piperazine rings is 1. The number of carbonyl (C=O) groups is 1. The van der Waals surface area contributed by atoms with E-state index in [4.69, 9.17) is 10.1 Å². The second-order valence-electron chi connectivity index (χ2n) is 5.48. The molecule has 1 aliphatic carbocycles. The number of carboxylic acids is 1. The van der Waals surface area contributed by atoms with Crippen LogP contribution in [0.2, 0.25) is 0 Å². The number of likely N-dealkylation sites (N-methyl/N-ethyl adjacent to an activating group) is 1.